The van der Waals surface area contributed by atoms with Crippen molar-refractivity contribution in [3.8, 4) is 0 Å². The van der Waals surface area contributed by atoms with Crippen LogP contribution in [-0.2, 0) is 0 Å². The number of aliphatic imine (C=N–C) groups is 1. The van der Waals surface area contributed by atoms with Crippen LogP contribution in [0.5, 0.6) is 0 Å². The topological polar surface area (TPSA) is 36.8 Å². The average Bonchev–Trinajstić information content (AvgIpc) is 1.68. The van der Waals surface area contributed by atoms with E-state index < -0.39 is 0 Å². The highest BCUT2D eigenvalue weighted by Crippen LogP contribution is 1.69. The van der Waals surface area contributed by atoms with Crippen LogP contribution in [0.2, 0.25) is 0 Å². The second kappa shape index (κ2) is 3.33. The van der Waals surface area contributed by atoms with E-state index in [1.54, 1.807) is 14.0 Å². The Balaban J connectivity index is 3.49. The number of nitrogens with one attached hydrogen (secondary N) is 1. The van der Waals surface area contributed by atoms with E-state index in [-0.39, 0.29) is 0 Å². The third-order valence-electron chi connectivity index (χ3n) is 0.502. The van der Waals surface area contributed by atoms with Gasteiger partial charge in [0.05, 0.1) is 0 Å². The SMILES string of the molecule is C=N/C(C)=N/NC. The van der Waals surface area contributed by atoms with Crippen LogP contribution < -0.4 is 5.43 Å². The van der Waals surface area contributed by atoms with Crippen LogP contribution in [0, 0.1) is 0 Å². The van der Waals surface area contributed by atoms with Gasteiger partial charge in [0, 0.05) is 7.05 Å². The summed E-state index contributed by atoms with van der Waals surface area (Å²) < 4.78 is 0. The Labute approximate surface area is 43.1 Å². The van der Waals surface area contributed by atoms with Gasteiger partial charge in [-0.25, -0.2) is 4.99 Å². The molecule has 0 heterocycles. The van der Waals surface area contributed by atoms with Gasteiger partial charge >= 0.3 is 0 Å². The molecule has 0 fully saturated rings. The van der Waals surface area contributed by atoms with Crippen molar-refractivity contribution in [3.63, 3.8) is 0 Å². The molecule has 0 radical (unpaired) electrons. The highest BCUT2D eigenvalue weighted by Gasteiger charge is 1.73. The molecule has 7 heavy (non-hydrogen) atoms. The van der Waals surface area contributed by atoms with Crippen molar-refractivity contribution in [1.82, 2.24) is 5.43 Å². The fraction of sp³-hybridized carbons (Fsp3) is 0.500. The zero-order valence-corrected chi connectivity index (χ0v) is 4.60. The summed E-state index contributed by atoms with van der Waals surface area (Å²) in [5.41, 5.74) is 2.57. The molecule has 1 N–H and O–H groups in total. The molecule has 0 saturated carbocycles. The number of hydrazone groups is 1. The second-order valence-corrected chi connectivity index (χ2v) is 1.04. The summed E-state index contributed by atoms with van der Waals surface area (Å²) in [6.45, 7) is 5.03. The van der Waals surface area contributed by atoms with E-state index in [1.807, 2.05) is 0 Å². The van der Waals surface area contributed by atoms with Crippen molar-refractivity contribution in [3.05, 3.63) is 0 Å². The van der Waals surface area contributed by atoms with Crippen molar-refractivity contribution in [2.45, 2.75) is 6.92 Å². The van der Waals surface area contributed by atoms with Gasteiger partial charge in [-0.05, 0) is 13.6 Å². The Kier molecular flexibility index (Phi) is 2.92. The molecule has 3 nitrogen and oxygen atoms in total. The van der Waals surface area contributed by atoms with Gasteiger partial charge in [0.2, 0.25) is 0 Å². The van der Waals surface area contributed by atoms with Gasteiger partial charge in [-0.3, -0.25) is 0 Å². The second-order valence-electron chi connectivity index (χ2n) is 1.04. The molecule has 0 aliphatic carbocycles. The van der Waals surface area contributed by atoms with Crippen LogP contribution in [-0.4, -0.2) is 19.6 Å². The molecular weight excluding hydrogens is 90.1 g/mol. The van der Waals surface area contributed by atoms with E-state index in [4.69, 9.17) is 0 Å². The smallest absolute Gasteiger partial charge is 0.144 e. The Morgan fingerprint density at radius 2 is 2.29 bits per heavy atom. The standard InChI is InChI=1S/C4H9N3/c1-4(5-2)7-6-3/h6H,2H2,1,3H3/b7-4+. The van der Waals surface area contributed by atoms with Crippen LogP contribution in [0.15, 0.2) is 10.1 Å². The lowest BCUT2D eigenvalue weighted by Gasteiger charge is -1.85. The molecule has 40 valence electrons. The third-order valence-corrected chi connectivity index (χ3v) is 0.502. The summed E-state index contributed by atoms with van der Waals surface area (Å²) >= 11 is 0. The number of nitrogens with zero attached hydrogens (tertiary/aromatic N) is 2. The molecule has 0 amide bonds. The van der Waals surface area contributed by atoms with E-state index in [2.05, 4.69) is 22.2 Å². The summed E-state index contributed by atoms with van der Waals surface area (Å²) in [4.78, 5) is 3.52. The number of hydrogen-bond donors (Lipinski definition) is 1. The van der Waals surface area contributed by atoms with Gasteiger partial charge < -0.3 is 5.43 Å². The van der Waals surface area contributed by atoms with E-state index in [1.165, 1.54) is 0 Å². The molecule has 3 heteroatoms. The molecule has 0 aromatic carbocycles. The highest BCUT2D eigenvalue weighted by molar-refractivity contribution is 5.83. The predicted molar refractivity (Wildman–Crippen MR) is 31.7 cm³/mol. The summed E-state index contributed by atoms with van der Waals surface area (Å²) in [6, 6.07) is 0. The first-order valence-electron chi connectivity index (χ1n) is 1.99. The van der Waals surface area contributed by atoms with E-state index in [9.17, 15) is 0 Å². The van der Waals surface area contributed by atoms with Gasteiger partial charge in [-0.1, -0.05) is 0 Å². The minimum atomic E-state index is 0.655. The molecule has 0 saturated heterocycles. The molecule has 0 spiro atoms. The first kappa shape index (κ1) is 6.14. The Morgan fingerprint density at radius 3 is 2.43 bits per heavy atom. The fourth-order valence-electron chi connectivity index (χ4n) is 0.197. The minimum absolute atomic E-state index is 0.655. The monoisotopic (exact) mass is 99.1 g/mol. The van der Waals surface area contributed by atoms with Crippen LogP contribution in [0.25, 0.3) is 0 Å². The van der Waals surface area contributed by atoms with Crippen molar-refractivity contribution < 1.29 is 0 Å². The summed E-state index contributed by atoms with van der Waals surface area (Å²) in [7, 11) is 1.72. The number of amidine groups is 1. The third kappa shape index (κ3) is 2.96. The van der Waals surface area contributed by atoms with Crippen LogP contribution >= 0.6 is 0 Å². The van der Waals surface area contributed by atoms with Crippen molar-refractivity contribution in [2.75, 3.05) is 7.05 Å². The molecule has 0 aromatic heterocycles. The van der Waals surface area contributed by atoms with Crippen LogP contribution in [0.3, 0.4) is 0 Å². The Morgan fingerprint density at radius 1 is 1.71 bits per heavy atom. The maximum atomic E-state index is 3.68. The highest BCUT2D eigenvalue weighted by atomic mass is 15.3. The van der Waals surface area contributed by atoms with Crippen molar-refractivity contribution >= 4 is 12.6 Å². The van der Waals surface area contributed by atoms with Crippen LogP contribution in [0.4, 0.5) is 0 Å². The zero-order chi connectivity index (χ0) is 5.70. The molecule has 0 aliphatic heterocycles. The average molecular weight is 99.1 g/mol. The quantitative estimate of drug-likeness (QED) is 0.285. The molecule has 0 unspecified atom stereocenters. The molecule has 0 aliphatic rings. The lowest BCUT2D eigenvalue weighted by atomic mass is 10.7. The zero-order valence-electron chi connectivity index (χ0n) is 4.60. The molecule has 0 bridgehead atoms. The van der Waals surface area contributed by atoms with E-state index in [0.29, 0.717) is 5.84 Å². The molecular formula is C4H9N3. The van der Waals surface area contributed by atoms with Gasteiger partial charge in [0.1, 0.15) is 5.84 Å². The van der Waals surface area contributed by atoms with Gasteiger partial charge in [-0.15, -0.1) is 0 Å². The fourth-order valence-corrected chi connectivity index (χ4v) is 0.197. The molecule has 0 aromatic rings. The van der Waals surface area contributed by atoms with Crippen molar-refractivity contribution in [1.29, 1.82) is 0 Å². The van der Waals surface area contributed by atoms with Gasteiger partial charge in [0.25, 0.3) is 0 Å². The predicted octanol–water partition coefficient (Wildman–Crippen LogP) is 0.240. The largest absolute Gasteiger partial charge is 0.311 e. The number of rotatable bonds is 1. The van der Waals surface area contributed by atoms with Crippen molar-refractivity contribution in [2.24, 2.45) is 10.1 Å². The summed E-state index contributed by atoms with van der Waals surface area (Å²) in [6.07, 6.45) is 0. The summed E-state index contributed by atoms with van der Waals surface area (Å²) in [5.74, 6) is 0.655. The number of hydrogen-bond acceptors (Lipinski definition) is 2. The van der Waals surface area contributed by atoms with Crippen LogP contribution in [0.1, 0.15) is 6.92 Å². The summed E-state index contributed by atoms with van der Waals surface area (Å²) in [5, 5.41) is 3.68. The van der Waals surface area contributed by atoms with Gasteiger partial charge in [-0.2, -0.15) is 5.10 Å². The molecule has 0 rings (SSSR count). The Hall–Kier alpha value is -0.860. The normalized spacial score (nSPS) is 10.9. The first-order valence-corrected chi connectivity index (χ1v) is 1.99. The van der Waals surface area contributed by atoms with E-state index in [0.717, 1.165) is 0 Å². The minimum Gasteiger partial charge on any atom is -0.311 e. The maximum Gasteiger partial charge on any atom is 0.144 e. The van der Waals surface area contributed by atoms with E-state index >= 15 is 0 Å². The lowest BCUT2D eigenvalue weighted by Crippen LogP contribution is -1.97. The molecule has 0 atom stereocenters. The Bertz CT molecular complexity index is 84.9. The first-order chi connectivity index (χ1) is 3.31. The maximum absolute atomic E-state index is 3.68. The van der Waals surface area contributed by atoms with Gasteiger partial charge in [0.15, 0.2) is 0 Å². The lowest BCUT2D eigenvalue weighted by molar-refractivity contribution is 0.896.